The third kappa shape index (κ3) is 2.56. The van der Waals surface area contributed by atoms with Crippen LogP contribution in [0.4, 0.5) is 17.1 Å². The molecule has 46 heavy (non-hydrogen) atoms. The Balaban J connectivity index is 1.37. The molecule has 6 aromatic carbocycles. The van der Waals surface area contributed by atoms with Gasteiger partial charge in [-0.15, -0.1) is 11.3 Å². The summed E-state index contributed by atoms with van der Waals surface area (Å²) in [6.45, 7) is 5.07. The molecule has 0 aliphatic carbocycles. The number of nitrogens with zero attached hydrogens (tertiary/aromatic N) is 2. The van der Waals surface area contributed by atoms with Gasteiger partial charge in [-0.3, -0.25) is 0 Å². The van der Waals surface area contributed by atoms with Crippen LogP contribution in [-0.4, -0.2) is 19.4 Å². The van der Waals surface area contributed by atoms with E-state index in [0.29, 0.717) is 0 Å². The molecule has 9 aromatic rings. The first-order valence-electron chi connectivity index (χ1n) is 16.1. The highest BCUT2D eigenvalue weighted by Gasteiger charge is 2.49. The molecule has 0 unspecified atom stereocenters. The van der Waals surface area contributed by atoms with Crippen molar-refractivity contribution in [2.24, 2.45) is 0 Å². The van der Waals surface area contributed by atoms with E-state index in [-0.39, 0.29) is 6.85 Å². The van der Waals surface area contributed by atoms with E-state index in [1.165, 1.54) is 91.5 Å². The summed E-state index contributed by atoms with van der Waals surface area (Å²) in [6, 6.07) is 43.2. The van der Waals surface area contributed by atoms with Gasteiger partial charge in [0.15, 0.2) is 5.58 Å². The van der Waals surface area contributed by atoms with Crippen LogP contribution in [-0.2, 0) is 0 Å². The first-order valence-corrected chi connectivity index (χ1v) is 19.9. The third-order valence-corrected chi connectivity index (χ3v) is 15.9. The molecular formula is C40H25BN2OSSi. The van der Waals surface area contributed by atoms with Crippen molar-refractivity contribution < 1.29 is 4.42 Å². The molecule has 0 saturated carbocycles. The Morgan fingerprint density at radius 2 is 1.41 bits per heavy atom. The van der Waals surface area contributed by atoms with Gasteiger partial charge in [0.05, 0.1) is 15.9 Å². The summed E-state index contributed by atoms with van der Waals surface area (Å²) in [5.74, 6) is 0. The number of para-hydroxylation sites is 4. The number of hydrogen-bond donors (Lipinski definition) is 0. The number of thiophene rings is 1. The normalized spacial score (nSPS) is 15.3. The Morgan fingerprint density at radius 1 is 0.652 bits per heavy atom. The smallest absolute Gasteiger partial charge is 0.333 e. The molecule has 0 bridgehead atoms. The van der Waals surface area contributed by atoms with Gasteiger partial charge >= 0.3 is 6.85 Å². The molecule has 6 heteroatoms. The van der Waals surface area contributed by atoms with Crippen LogP contribution in [0.15, 0.2) is 120 Å². The van der Waals surface area contributed by atoms with Gasteiger partial charge in [-0.1, -0.05) is 104 Å². The highest BCUT2D eigenvalue weighted by Crippen LogP contribution is 2.51. The molecule has 0 spiro atoms. The standard InChI is InChI=1S/C40H25BN2OSSi/c1-46(2)32-19-8-5-16-29(32)42-37-28(15-10-20-33(37)46)41-34-26(21-27-22-11-3-6-17-30(22)44-39(27)38(34)42)23-13-9-14-25-35(23)43(41)36-24-12-4-7-18-31(24)45-40(25)36/h3-21H,1-2H3. The molecule has 3 aliphatic rings. The maximum Gasteiger partial charge on any atom is 0.333 e. The summed E-state index contributed by atoms with van der Waals surface area (Å²) >= 11 is 1.93. The van der Waals surface area contributed by atoms with Crippen molar-refractivity contribution in [3.63, 3.8) is 0 Å². The van der Waals surface area contributed by atoms with Gasteiger partial charge in [0.25, 0.3) is 0 Å². The number of aromatic nitrogens is 1. The second-order valence-corrected chi connectivity index (χ2v) is 19.0. The van der Waals surface area contributed by atoms with Gasteiger partial charge in [0, 0.05) is 48.7 Å². The fourth-order valence-corrected chi connectivity index (χ4v) is 13.5. The van der Waals surface area contributed by atoms with E-state index in [2.05, 4.69) is 138 Å². The van der Waals surface area contributed by atoms with E-state index in [9.17, 15) is 0 Å². The van der Waals surface area contributed by atoms with Crippen LogP contribution in [0.3, 0.4) is 0 Å². The lowest BCUT2D eigenvalue weighted by Crippen LogP contribution is -2.65. The van der Waals surface area contributed by atoms with Crippen molar-refractivity contribution in [3.8, 4) is 11.1 Å². The van der Waals surface area contributed by atoms with Crippen LogP contribution < -0.4 is 26.2 Å². The number of furan rings is 1. The van der Waals surface area contributed by atoms with Crippen molar-refractivity contribution >= 4 is 118 Å². The predicted molar refractivity (Wildman–Crippen MR) is 199 cm³/mol. The summed E-state index contributed by atoms with van der Waals surface area (Å²) in [4.78, 5) is 2.59. The van der Waals surface area contributed by atoms with Crippen molar-refractivity contribution in [2.45, 2.75) is 13.1 Å². The molecule has 214 valence electrons. The monoisotopic (exact) mass is 620 g/mol. The summed E-state index contributed by atoms with van der Waals surface area (Å²) in [7, 11) is -2.03. The lowest BCUT2D eigenvalue weighted by atomic mass is 9.45. The molecule has 0 saturated heterocycles. The molecule has 0 N–H and O–H groups in total. The molecule has 12 rings (SSSR count). The van der Waals surface area contributed by atoms with Gasteiger partial charge in [-0.05, 0) is 51.1 Å². The Hall–Kier alpha value is -5.04. The Kier molecular flexibility index (Phi) is 4.13. The summed E-state index contributed by atoms with van der Waals surface area (Å²) in [5.41, 5.74) is 13.9. The number of benzene rings is 6. The first-order chi connectivity index (χ1) is 22.6. The number of hydrogen-bond acceptors (Lipinski definition) is 3. The van der Waals surface area contributed by atoms with Gasteiger partial charge in [-0.2, -0.15) is 0 Å². The van der Waals surface area contributed by atoms with Crippen LogP contribution in [0, 0.1) is 0 Å². The van der Waals surface area contributed by atoms with E-state index in [1.54, 1.807) is 0 Å². The average Bonchev–Trinajstić information content (AvgIpc) is 3.75. The molecule has 0 atom stereocenters. The first kappa shape index (κ1) is 24.2. The minimum Gasteiger partial charge on any atom is -0.454 e. The van der Waals surface area contributed by atoms with Gasteiger partial charge in [0.2, 0.25) is 0 Å². The molecule has 3 nitrogen and oxygen atoms in total. The lowest BCUT2D eigenvalue weighted by molar-refractivity contribution is 0.669. The molecule has 3 aromatic heterocycles. The van der Waals surface area contributed by atoms with E-state index in [0.717, 1.165) is 11.2 Å². The van der Waals surface area contributed by atoms with Crippen molar-refractivity contribution in [3.05, 3.63) is 115 Å². The largest absolute Gasteiger partial charge is 0.454 e. The van der Waals surface area contributed by atoms with Gasteiger partial charge < -0.3 is 13.8 Å². The zero-order valence-electron chi connectivity index (χ0n) is 25.3. The van der Waals surface area contributed by atoms with Crippen LogP contribution >= 0.6 is 11.3 Å². The van der Waals surface area contributed by atoms with E-state index in [1.807, 2.05) is 11.3 Å². The lowest BCUT2D eigenvalue weighted by Gasteiger charge is -2.47. The van der Waals surface area contributed by atoms with Crippen molar-refractivity contribution in [1.29, 1.82) is 0 Å². The van der Waals surface area contributed by atoms with Crippen LogP contribution in [0.1, 0.15) is 0 Å². The fourth-order valence-electron chi connectivity index (χ4n) is 9.26. The molecule has 0 fully saturated rings. The Morgan fingerprint density at radius 3 is 2.35 bits per heavy atom. The number of rotatable bonds is 0. The van der Waals surface area contributed by atoms with Crippen molar-refractivity contribution in [1.82, 2.24) is 4.48 Å². The Bertz CT molecular complexity index is 2880. The maximum absolute atomic E-state index is 6.95. The zero-order chi connectivity index (χ0) is 30.1. The summed E-state index contributed by atoms with van der Waals surface area (Å²) in [6.07, 6.45) is 0. The molecule has 6 heterocycles. The fraction of sp³-hybridized carbons (Fsp3) is 0.0500. The van der Waals surface area contributed by atoms with Crippen LogP contribution in [0.25, 0.3) is 64.3 Å². The SMILES string of the molecule is C[Si]1(C)c2ccccc2N2c3c(cccc31)B1c3c(cc4c(oc5ccccc54)c32)-c2cccc3c4sc5ccccc5c4n1c23. The summed E-state index contributed by atoms with van der Waals surface area (Å²) in [5, 5.41) is 8.03. The average molecular weight is 621 g/mol. The predicted octanol–water partition coefficient (Wildman–Crippen LogP) is 8.46. The minimum absolute atomic E-state index is 0.0248. The number of anilines is 3. The van der Waals surface area contributed by atoms with E-state index < -0.39 is 8.07 Å². The Labute approximate surface area is 270 Å². The molecule has 3 aliphatic heterocycles. The molecule has 0 radical (unpaired) electrons. The van der Waals surface area contributed by atoms with E-state index in [4.69, 9.17) is 4.42 Å². The second kappa shape index (κ2) is 7.84. The zero-order valence-corrected chi connectivity index (χ0v) is 27.1. The third-order valence-electron chi connectivity index (χ3n) is 11.1. The minimum atomic E-state index is -2.03. The maximum atomic E-state index is 6.95. The highest BCUT2D eigenvalue weighted by molar-refractivity contribution is 7.27. The van der Waals surface area contributed by atoms with E-state index >= 15 is 0 Å². The van der Waals surface area contributed by atoms with Gasteiger partial charge in [-0.25, -0.2) is 0 Å². The second-order valence-electron chi connectivity index (χ2n) is 13.6. The molecule has 0 amide bonds. The topological polar surface area (TPSA) is 21.3 Å². The number of fused-ring (bicyclic) bond motifs is 15. The van der Waals surface area contributed by atoms with Crippen molar-refractivity contribution in [2.75, 3.05) is 4.90 Å². The molecular weight excluding hydrogens is 595 g/mol. The van der Waals surface area contributed by atoms with Crippen LogP contribution in [0.2, 0.25) is 13.1 Å². The van der Waals surface area contributed by atoms with Crippen LogP contribution in [0.5, 0.6) is 0 Å². The van der Waals surface area contributed by atoms with Gasteiger partial charge in [0.1, 0.15) is 13.7 Å². The quantitative estimate of drug-likeness (QED) is 0.159. The summed E-state index contributed by atoms with van der Waals surface area (Å²) < 4.78 is 12.4. The highest BCUT2D eigenvalue weighted by atomic mass is 32.1.